The number of carboxylic acids is 1. The molecule has 0 unspecified atom stereocenters. The maximum Gasteiger partial charge on any atom is 0.335 e. The van der Waals surface area contributed by atoms with Crippen molar-refractivity contribution in [3.63, 3.8) is 0 Å². The molecule has 1 atom stereocenters. The van der Waals surface area contributed by atoms with Crippen molar-refractivity contribution in [1.82, 2.24) is 4.90 Å². The maximum absolute atomic E-state index is 13.8. The predicted molar refractivity (Wildman–Crippen MR) is 146 cm³/mol. The Morgan fingerprint density at radius 1 is 0.975 bits per heavy atom. The van der Waals surface area contributed by atoms with Gasteiger partial charge in [0, 0.05) is 12.6 Å². The number of ether oxygens (including phenoxy) is 3. The number of carboxylic acid groups (broad SMARTS) is 1. The average Bonchev–Trinajstić information content (AvgIpc) is 3.42. The molecule has 1 saturated heterocycles. The van der Waals surface area contributed by atoms with Gasteiger partial charge in [-0.2, -0.15) is 0 Å². The number of urea groups is 1. The monoisotopic (exact) mass is 551 g/mol. The molecule has 11 heteroatoms. The lowest BCUT2D eigenvalue weighted by atomic mass is 10.1. The van der Waals surface area contributed by atoms with Crippen LogP contribution in [0, 0.1) is 5.82 Å². The zero-order valence-corrected chi connectivity index (χ0v) is 22.1. The predicted octanol–water partition coefficient (Wildman–Crippen LogP) is 4.80. The lowest BCUT2D eigenvalue weighted by molar-refractivity contribution is -0.131. The van der Waals surface area contributed by atoms with E-state index in [0.29, 0.717) is 35.0 Å². The molecule has 0 saturated carbocycles. The van der Waals surface area contributed by atoms with Gasteiger partial charge in [-0.25, -0.2) is 14.0 Å². The maximum atomic E-state index is 13.8. The smallest absolute Gasteiger partial charge is 0.335 e. The van der Waals surface area contributed by atoms with Gasteiger partial charge in [0.15, 0.2) is 0 Å². The quantitative estimate of drug-likeness (QED) is 0.331. The minimum atomic E-state index is -1.09. The molecule has 0 aromatic heterocycles. The van der Waals surface area contributed by atoms with E-state index in [2.05, 4.69) is 10.6 Å². The van der Waals surface area contributed by atoms with Gasteiger partial charge in [0.1, 0.15) is 29.7 Å². The first-order valence-electron chi connectivity index (χ1n) is 12.6. The lowest BCUT2D eigenvalue weighted by Gasteiger charge is -2.25. The van der Waals surface area contributed by atoms with E-state index < -0.39 is 17.8 Å². The number of halogens is 1. The zero-order chi connectivity index (χ0) is 28.6. The lowest BCUT2D eigenvalue weighted by Crippen LogP contribution is -2.39. The summed E-state index contributed by atoms with van der Waals surface area (Å²) in [4.78, 5) is 38.7. The van der Waals surface area contributed by atoms with E-state index in [1.165, 1.54) is 44.6 Å². The molecule has 210 valence electrons. The van der Waals surface area contributed by atoms with Crippen molar-refractivity contribution in [3.8, 4) is 17.2 Å². The normalized spacial score (nSPS) is 14.4. The van der Waals surface area contributed by atoms with Gasteiger partial charge in [-0.1, -0.05) is 18.2 Å². The summed E-state index contributed by atoms with van der Waals surface area (Å²) in [6.45, 7) is 0.791. The summed E-state index contributed by atoms with van der Waals surface area (Å²) in [6.07, 6.45) is 1.68. The second kappa shape index (κ2) is 12.8. The molecule has 10 nitrogen and oxygen atoms in total. The fraction of sp³-hybridized carbons (Fsp3) is 0.276. The number of hydrogen-bond donors (Lipinski definition) is 3. The average molecular weight is 552 g/mol. The van der Waals surface area contributed by atoms with Crippen LogP contribution in [0.2, 0.25) is 0 Å². The van der Waals surface area contributed by atoms with Crippen LogP contribution >= 0.6 is 0 Å². The van der Waals surface area contributed by atoms with E-state index in [9.17, 15) is 23.9 Å². The number of likely N-dealkylation sites (tertiary alicyclic amines) is 1. The molecule has 3 amide bonds. The second-order valence-corrected chi connectivity index (χ2v) is 9.17. The van der Waals surface area contributed by atoms with Crippen LogP contribution in [0.3, 0.4) is 0 Å². The van der Waals surface area contributed by atoms with E-state index in [-0.39, 0.29) is 36.2 Å². The summed E-state index contributed by atoms with van der Waals surface area (Å²) in [5.41, 5.74) is 1.13. The number of para-hydroxylation sites is 1. The molecule has 1 aliphatic rings. The molecule has 3 aromatic rings. The number of hydrogen-bond acceptors (Lipinski definition) is 6. The molecular weight excluding hydrogens is 521 g/mol. The summed E-state index contributed by atoms with van der Waals surface area (Å²) in [6, 6.07) is 14.4. The van der Waals surface area contributed by atoms with Crippen molar-refractivity contribution in [2.24, 2.45) is 0 Å². The van der Waals surface area contributed by atoms with E-state index in [4.69, 9.17) is 14.2 Å². The molecule has 40 heavy (non-hydrogen) atoms. The van der Waals surface area contributed by atoms with Gasteiger partial charge in [-0.15, -0.1) is 0 Å². The van der Waals surface area contributed by atoms with Crippen LogP contribution in [0.25, 0.3) is 0 Å². The standard InChI is InChI=1S/C29H30FN3O7/c1-38-21-14-19(28(35)36)15-22(16-21)40-17-20-6-5-11-33(20)27(34)13-18-9-10-25(26(12-18)39-2)32-29(37)31-24-8-4-3-7-23(24)30/h3-4,7-10,12,14-16,20H,5-6,11,13,17H2,1-2H3,(H,35,36)(H2,31,32,37)/t20-/m0/s1. The van der Waals surface area contributed by atoms with Crippen LogP contribution < -0.4 is 24.8 Å². The third-order valence-electron chi connectivity index (χ3n) is 6.49. The number of nitrogens with one attached hydrogen (secondary N) is 2. The van der Waals surface area contributed by atoms with Crippen LogP contribution in [-0.2, 0) is 11.2 Å². The molecule has 3 N–H and O–H groups in total. The first-order valence-corrected chi connectivity index (χ1v) is 12.6. The van der Waals surface area contributed by atoms with Gasteiger partial charge in [-0.05, 0) is 54.8 Å². The van der Waals surface area contributed by atoms with Crippen molar-refractivity contribution >= 4 is 29.3 Å². The molecule has 4 rings (SSSR count). The molecule has 3 aromatic carbocycles. The fourth-order valence-electron chi connectivity index (χ4n) is 4.49. The topological polar surface area (TPSA) is 126 Å². The van der Waals surface area contributed by atoms with Crippen LogP contribution in [0.1, 0.15) is 28.8 Å². The summed E-state index contributed by atoms with van der Waals surface area (Å²) in [5.74, 6) is -0.680. The van der Waals surface area contributed by atoms with Crippen LogP contribution in [0.4, 0.5) is 20.6 Å². The number of benzene rings is 3. The first kappa shape index (κ1) is 28.2. The Morgan fingerprint density at radius 3 is 2.45 bits per heavy atom. The van der Waals surface area contributed by atoms with Crippen LogP contribution in [0.15, 0.2) is 60.7 Å². The van der Waals surface area contributed by atoms with E-state index in [1.54, 1.807) is 35.2 Å². The molecule has 0 aliphatic carbocycles. The van der Waals surface area contributed by atoms with Gasteiger partial charge >= 0.3 is 12.0 Å². The first-order chi connectivity index (χ1) is 19.3. The third-order valence-corrected chi connectivity index (χ3v) is 6.49. The van der Waals surface area contributed by atoms with E-state index >= 15 is 0 Å². The van der Waals surface area contributed by atoms with E-state index in [1.807, 2.05) is 0 Å². The van der Waals surface area contributed by atoms with Crippen molar-refractivity contribution in [3.05, 3.63) is 77.6 Å². The molecule has 1 fully saturated rings. The Hall–Kier alpha value is -4.80. The Kier molecular flexibility index (Phi) is 9.05. The molecule has 0 spiro atoms. The number of nitrogens with zero attached hydrogens (tertiary/aromatic N) is 1. The molecule has 1 heterocycles. The van der Waals surface area contributed by atoms with Gasteiger partial charge in [0.2, 0.25) is 5.91 Å². The highest BCUT2D eigenvalue weighted by atomic mass is 19.1. The minimum absolute atomic E-state index is 0.0408. The molecule has 1 aliphatic heterocycles. The number of anilines is 2. The molecule has 0 radical (unpaired) electrons. The summed E-state index contributed by atoms with van der Waals surface area (Å²) in [5, 5.41) is 14.4. The SMILES string of the molecule is COc1cc(OC[C@@H]2CCCN2C(=O)Cc2ccc(NC(=O)Nc3ccccc3F)c(OC)c2)cc(C(=O)O)c1. The third kappa shape index (κ3) is 6.99. The molecule has 0 bridgehead atoms. The minimum Gasteiger partial charge on any atom is -0.497 e. The highest BCUT2D eigenvalue weighted by Crippen LogP contribution is 2.28. The van der Waals surface area contributed by atoms with Gasteiger partial charge in [0.05, 0.1) is 43.6 Å². The number of carbonyl (C=O) groups is 3. The van der Waals surface area contributed by atoms with Crippen LogP contribution in [0.5, 0.6) is 17.2 Å². The Balaban J connectivity index is 1.37. The van der Waals surface area contributed by atoms with Crippen molar-refractivity contribution < 1.29 is 38.1 Å². The zero-order valence-electron chi connectivity index (χ0n) is 22.1. The highest BCUT2D eigenvalue weighted by molar-refractivity contribution is 6.00. The number of aromatic carboxylic acids is 1. The Labute approximate surface area is 230 Å². The van der Waals surface area contributed by atoms with Crippen molar-refractivity contribution in [1.29, 1.82) is 0 Å². The number of carbonyl (C=O) groups excluding carboxylic acids is 2. The van der Waals surface area contributed by atoms with Gasteiger partial charge in [0.25, 0.3) is 0 Å². The summed E-state index contributed by atoms with van der Waals surface area (Å²) >= 11 is 0. The highest BCUT2D eigenvalue weighted by Gasteiger charge is 2.29. The van der Waals surface area contributed by atoms with Crippen LogP contribution in [-0.4, -0.2) is 61.3 Å². The second-order valence-electron chi connectivity index (χ2n) is 9.17. The fourth-order valence-corrected chi connectivity index (χ4v) is 4.49. The number of amides is 3. The molecular formula is C29H30FN3O7. The largest absolute Gasteiger partial charge is 0.497 e. The Bertz CT molecular complexity index is 1400. The van der Waals surface area contributed by atoms with Gasteiger partial charge in [-0.3, -0.25) is 4.79 Å². The summed E-state index contributed by atoms with van der Waals surface area (Å²) in [7, 11) is 2.89. The van der Waals surface area contributed by atoms with Crippen molar-refractivity contribution in [2.75, 3.05) is 38.0 Å². The summed E-state index contributed by atoms with van der Waals surface area (Å²) < 4.78 is 30.3. The number of rotatable bonds is 10. The van der Waals surface area contributed by atoms with Crippen molar-refractivity contribution in [2.45, 2.75) is 25.3 Å². The van der Waals surface area contributed by atoms with E-state index in [0.717, 1.165) is 12.8 Å². The van der Waals surface area contributed by atoms with Gasteiger partial charge < -0.3 is 34.9 Å². The number of methoxy groups -OCH3 is 2. The Morgan fingerprint density at radius 2 is 1.73 bits per heavy atom.